The number of benzene rings is 1. The number of nitriles is 1. The van der Waals surface area contributed by atoms with Gasteiger partial charge in [0.25, 0.3) is 0 Å². The predicted octanol–water partition coefficient (Wildman–Crippen LogP) is 1.99. The van der Waals surface area contributed by atoms with Crippen molar-refractivity contribution < 1.29 is 8.42 Å². The number of hydrogen-bond donors (Lipinski definition) is 0. The molecule has 0 spiro atoms. The Morgan fingerprint density at radius 3 is 2.21 bits per heavy atom. The lowest BCUT2D eigenvalue weighted by Crippen LogP contribution is -2.44. The monoisotopic (exact) mass is 281 g/mol. The predicted molar refractivity (Wildman–Crippen MR) is 75.9 cm³/mol. The van der Waals surface area contributed by atoms with Crippen LogP contribution in [0.25, 0.3) is 0 Å². The molecule has 0 amide bonds. The van der Waals surface area contributed by atoms with E-state index >= 15 is 0 Å². The third-order valence-electron chi connectivity index (χ3n) is 2.78. The zero-order valence-electron chi connectivity index (χ0n) is 11.3. The van der Waals surface area contributed by atoms with E-state index in [1.807, 2.05) is 12.1 Å². The molecule has 0 atom stereocenters. The molecule has 0 saturated carbocycles. The molecule has 6 heteroatoms. The fraction of sp³-hybridized carbons (Fsp3) is 0.462. The largest absolute Gasteiger partial charge is 0.304 e. The van der Waals surface area contributed by atoms with Crippen LogP contribution in [0.15, 0.2) is 30.3 Å². The van der Waals surface area contributed by atoms with Crippen LogP contribution < -0.4 is 4.31 Å². The zero-order valence-corrected chi connectivity index (χ0v) is 12.1. The van der Waals surface area contributed by atoms with E-state index in [1.54, 1.807) is 38.1 Å². The minimum Gasteiger partial charge on any atom is -0.257 e. The minimum atomic E-state index is -3.57. The van der Waals surface area contributed by atoms with Gasteiger partial charge in [-0.3, -0.25) is 4.31 Å². The molecule has 0 saturated heterocycles. The summed E-state index contributed by atoms with van der Waals surface area (Å²) in [7, 11) is -3.57. The van der Waals surface area contributed by atoms with E-state index in [1.165, 1.54) is 8.61 Å². The van der Waals surface area contributed by atoms with Crippen LogP contribution in [0.1, 0.15) is 20.3 Å². The lowest BCUT2D eigenvalue weighted by atomic mass is 10.3. The first-order chi connectivity index (χ1) is 9.07. The molecule has 0 bridgehead atoms. The van der Waals surface area contributed by atoms with Gasteiger partial charge in [-0.05, 0) is 12.1 Å². The van der Waals surface area contributed by atoms with Gasteiger partial charge in [0.15, 0.2) is 0 Å². The summed E-state index contributed by atoms with van der Waals surface area (Å²) in [6.45, 7) is 4.59. The van der Waals surface area contributed by atoms with Gasteiger partial charge >= 0.3 is 10.2 Å². The van der Waals surface area contributed by atoms with Crippen molar-refractivity contribution in [3.63, 3.8) is 0 Å². The van der Waals surface area contributed by atoms with E-state index < -0.39 is 10.2 Å². The smallest absolute Gasteiger partial charge is 0.257 e. The summed E-state index contributed by atoms with van der Waals surface area (Å²) in [5.74, 6) is 0. The molecule has 0 fully saturated rings. The maximum absolute atomic E-state index is 12.5. The molecule has 1 aromatic carbocycles. The summed E-state index contributed by atoms with van der Waals surface area (Å²) in [5.41, 5.74) is 0.588. The molecule has 0 unspecified atom stereocenters. The Morgan fingerprint density at radius 1 is 1.16 bits per heavy atom. The second-order valence-electron chi connectivity index (χ2n) is 3.91. The van der Waals surface area contributed by atoms with Crippen LogP contribution in [0, 0.1) is 11.3 Å². The number of anilines is 1. The lowest BCUT2D eigenvalue weighted by molar-refractivity contribution is 0.442. The van der Waals surface area contributed by atoms with Crippen molar-refractivity contribution in [3.8, 4) is 6.07 Å². The maximum atomic E-state index is 12.5. The van der Waals surface area contributed by atoms with E-state index in [4.69, 9.17) is 5.26 Å². The molecule has 0 aromatic heterocycles. The second-order valence-corrected chi connectivity index (χ2v) is 5.76. The van der Waals surface area contributed by atoms with E-state index in [-0.39, 0.29) is 13.0 Å². The van der Waals surface area contributed by atoms with E-state index in [0.29, 0.717) is 18.8 Å². The third kappa shape index (κ3) is 3.69. The van der Waals surface area contributed by atoms with Crippen molar-refractivity contribution in [1.82, 2.24) is 4.31 Å². The first kappa shape index (κ1) is 15.5. The Kier molecular flexibility index (Phi) is 5.80. The Labute approximate surface area is 115 Å². The van der Waals surface area contributed by atoms with Crippen molar-refractivity contribution in [2.24, 2.45) is 0 Å². The summed E-state index contributed by atoms with van der Waals surface area (Å²) in [6.07, 6.45) is 0.162. The summed E-state index contributed by atoms with van der Waals surface area (Å²) < 4.78 is 27.8. The highest BCUT2D eigenvalue weighted by molar-refractivity contribution is 7.90. The molecule has 0 aliphatic carbocycles. The average molecular weight is 281 g/mol. The zero-order chi connectivity index (χ0) is 14.3. The van der Waals surface area contributed by atoms with E-state index in [0.717, 1.165) is 0 Å². The highest BCUT2D eigenvalue weighted by atomic mass is 32.2. The van der Waals surface area contributed by atoms with Gasteiger partial charge in [0, 0.05) is 19.6 Å². The van der Waals surface area contributed by atoms with Gasteiger partial charge in [-0.15, -0.1) is 0 Å². The normalized spacial score (nSPS) is 11.3. The van der Waals surface area contributed by atoms with Gasteiger partial charge < -0.3 is 0 Å². The summed E-state index contributed by atoms with van der Waals surface area (Å²) >= 11 is 0. The molecule has 19 heavy (non-hydrogen) atoms. The molecular formula is C13H19N3O2S. The Morgan fingerprint density at radius 2 is 1.74 bits per heavy atom. The molecule has 104 valence electrons. The van der Waals surface area contributed by atoms with Gasteiger partial charge in [0.1, 0.15) is 0 Å². The number of rotatable bonds is 7. The first-order valence-corrected chi connectivity index (χ1v) is 7.67. The standard InChI is InChI=1S/C13H19N3O2S/c1-3-15(4-2)19(17,18)16(12-8-11-14)13-9-6-5-7-10-13/h5-7,9-10H,3-4,8,12H2,1-2H3. The summed E-state index contributed by atoms with van der Waals surface area (Å²) in [6, 6.07) is 10.9. The van der Waals surface area contributed by atoms with Crippen LogP contribution in [0.5, 0.6) is 0 Å². The molecule has 5 nitrogen and oxygen atoms in total. The van der Waals surface area contributed by atoms with Gasteiger partial charge in [-0.2, -0.15) is 18.0 Å². The van der Waals surface area contributed by atoms with Crippen LogP contribution in [0.4, 0.5) is 5.69 Å². The Balaban J connectivity index is 3.14. The fourth-order valence-electron chi connectivity index (χ4n) is 1.81. The third-order valence-corrected chi connectivity index (χ3v) is 4.90. The quantitative estimate of drug-likeness (QED) is 0.767. The molecule has 1 rings (SSSR count). The van der Waals surface area contributed by atoms with E-state index in [2.05, 4.69) is 0 Å². The fourth-order valence-corrected chi connectivity index (χ4v) is 3.45. The second kappa shape index (κ2) is 7.12. The molecule has 0 heterocycles. The molecule has 0 N–H and O–H groups in total. The molecular weight excluding hydrogens is 262 g/mol. The minimum absolute atomic E-state index is 0.162. The Hall–Kier alpha value is -1.58. The molecule has 1 aromatic rings. The van der Waals surface area contributed by atoms with Crippen molar-refractivity contribution >= 4 is 15.9 Å². The van der Waals surface area contributed by atoms with Crippen LogP contribution >= 0.6 is 0 Å². The SMILES string of the molecule is CCN(CC)S(=O)(=O)N(CCC#N)c1ccccc1. The molecule has 0 aliphatic heterocycles. The van der Waals surface area contributed by atoms with Crippen LogP contribution in [-0.4, -0.2) is 32.4 Å². The summed E-state index contributed by atoms with van der Waals surface area (Å²) in [4.78, 5) is 0. The van der Waals surface area contributed by atoms with Crippen molar-refractivity contribution in [2.75, 3.05) is 23.9 Å². The van der Waals surface area contributed by atoms with Crippen molar-refractivity contribution in [3.05, 3.63) is 30.3 Å². The summed E-state index contributed by atoms with van der Waals surface area (Å²) in [5, 5.41) is 8.70. The number of nitrogens with zero attached hydrogens (tertiary/aromatic N) is 3. The average Bonchev–Trinajstić information content (AvgIpc) is 2.41. The highest BCUT2D eigenvalue weighted by Gasteiger charge is 2.27. The van der Waals surface area contributed by atoms with Gasteiger partial charge in [-0.25, -0.2) is 0 Å². The van der Waals surface area contributed by atoms with Crippen molar-refractivity contribution in [1.29, 1.82) is 5.26 Å². The highest BCUT2D eigenvalue weighted by Crippen LogP contribution is 2.20. The Bertz CT molecular complexity index is 519. The number of hydrogen-bond acceptors (Lipinski definition) is 3. The maximum Gasteiger partial charge on any atom is 0.304 e. The topological polar surface area (TPSA) is 64.4 Å². The van der Waals surface area contributed by atoms with E-state index in [9.17, 15) is 8.42 Å². The number of para-hydroxylation sites is 1. The first-order valence-electron chi connectivity index (χ1n) is 6.27. The molecule has 0 aliphatic rings. The van der Waals surface area contributed by atoms with Crippen LogP contribution in [0.2, 0.25) is 0 Å². The van der Waals surface area contributed by atoms with Crippen molar-refractivity contribution in [2.45, 2.75) is 20.3 Å². The molecule has 0 radical (unpaired) electrons. The van der Waals surface area contributed by atoms with Gasteiger partial charge in [-0.1, -0.05) is 32.0 Å². The van der Waals surface area contributed by atoms with Crippen LogP contribution in [-0.2, 0) is 10.2 Å². The van der Waals surface area contributed by atoms with Crippen LogP contribution in [0.3, 0.4) is 0 Å². The van der Waals surface area contributed by atoms with Gasteiger partial charge in [0.05, 0.1) is 18.2 Å². The van der Waals surface area contributed by atoms with Gasteiger partial charge in [0.2, 0.25) is 0 Å². The lowest BCUT2D eigenvalue weighted by Gasteiger charge is -2.29.